The van der Waals surface area contributed by atoms with E-state index in [0.717, 1.165) is 30.8 Å². The summed E-state index contributed by atoms with van der Waals surface area (Å²) in [4.78, 5) is 12.0. The third kappa shape index (κ3) is 4.56. The molecule has 1 aromatic rings. The van der Waals surface area contributed by atoms with Gasteiger partial charge in [-0.15, -0.1) is 0 Å². The van der Waals surface area contributed by atoms with E-state index < -0.39 is 0 Å². The number of benzene rings is 1. The molecule has 1 saturated carbocycles. The van der Waals surface area contributed by atoms with Gasteiger partial charge in [0, 0.05) is 12.6 Å². The third-order valence-corrected chi connectivity index (χ3v) is 4.94. The molecule has 3 rings (SSSR count). The van der Waals surface area contributed by atoms with Gasteiger partial charge in [0.2, 0.25) is 0 Å². The van der Waals surface area contributed by atoms with Gasteiger partial charge in [-0.3, -0.25) is 0 Å². The van der Waals surface area contributed by atoms with Gasteiger partial charge >= 0.3 is 6.03 Å². The van der Waals surface area contributed by atoms with E-state index in [9.17, 15) is 4.79 Å². The molecule has 1 heterocycles. The first-order valence-corrected chi connectivity index (χ1v) is 9.16. The van der Waals surface area contributed by atoms with E-state index in [2.05, 4.69) is 29.7 Å². The number of urea groups is 1. The summed E-state index contributed by atoms with van der Waals surface area (Å²) in [5, 5.41) is 6.07. The summed E-state index contributed by atoms with van der Waals surface area (Å²) in [6.07, 6.45) is 6.88. The van der Waals surface area contributed by atoms with Gasteiger partial charge in [-0.1, -0.05) is 32.3 Å². The number of rotatable bonds is 5. The van der Waals surface area contributed by atoms with Crippen molar-refractivity contribution in [2.75, 3.05) is 19.8 Å². The van der Waals surface area contributed by atoms with Crippen LogP contribution in [0.15, 0.2) is 18.2 Å². The first-order valence-electron chi connectivity index (χ1n) is 9.16. The lowest BCUT2D eigenvalue weighted by atomic mass is 9.96. The SMILES string of the molecule is CC(CCNC(=O)NC1CCCCC1)c1ccc2c(c1)OCCO2. The van der Waals surface area contributed by atoms with E-state index in [1.807, 2.05) is 6.07 Å². The first kappa shape index (κ1) is 16.9. The van der Waals surface area contributed by atoms with Crippen LogP contribution in [-0.2, 0) is 0 Å². The van der Waals surface area contributed by atoms with Crippen molar-refractivity contribution in [3.63, 3.8) is 0 Å². The van der Waals surface area contributed by atoms with Crippen LogP contribution < -0.4 is 20.1 Å². The van der Waals surface area contributed by atoms with Gasteiger partial charge in [-0.2, -0.15) is 0 Å². The molecule has 0 spiro atoms. The zero-order valence-electron chi connectivity index (χ0n) is 14.5. The first-order chi connectivity index (χ1) is 11.7. The summed E-state index contributed by atoms with van der Waals surface area (Å²) >= 11 is 0. The maximum Gasteiger partial charge on any atom is 0.315 e. The topological polar surface area (TPSA) is 59.6 Å². The molecule has 0 radical (unpaired) electrons. The van der Waals surface area contributed by atoms with Crippen molar-refractivity contribution in [1.82, 2.24) is 10.6 Å². The Kier molecular flexibility index (Phi) is 5.83. The summed E-state index contributed by atoms with van der Waals surface area (Å²) in [6, 6.07) is 6.44. The van der Waals surface area contributed by atoms with Crippen molar-refractivity contribution in [2.45, 2.75) is 57.4 Å². The zero-order chi connectivity index (χ0) is 16.8. The van der Waals surface area contributed by atoms with Crippen LogP contribution in [0, 0.1) is 0 Å². The molecule has 2 aliphatic rings. The van der Waals surface area contributed by atoms with Crippen LogP contribution >= 0.6 is 0 Å². The van der Waals surface area contributed by atoms with E-state index in [1.165, 1.54) is 24.8 Å². The maximum absolute atomic E-state index is 12.0. The highest BCUT2D eigenvalue weighted by Gasteiger charge is 2.16. The van der Waals surface area contributed by atoms with Gasteiger partial charge in [0.05, 0.1) is 0 Å². The molecule has 0 aromatic heterocycles. The summed E-state index contributed by atoms with van der Waals surface area (Å²) in [6.45, 7) is 4.07. The molecule has 1 atom stereocenters. The van der Waals surface area contributed by atoms with Crippen LogP contribution in [0.5, 0.6) is 11.5 Å². The zero-order valence-corrected chi connectivity index (χ0v) is 14.5. The monoisotopic (exact) mass is 332 g/mol. The molecular formula is C19H28N2O3. The lowest BCUT2D eigenvalue weighted by molar-refractivity contribution is 0.171. The normalized spacial score (nSPS) is 18.7. The van der Waals surface area contributed by atoms with Gasteiger partial charge in [-0.25, -0.2) is 4.79 Å². The van der Waals surface area contributed by atoms with Gasteiger partial charge in [0.1, 0.15) is 13.2 Å². The van der Waals surface area contributed by atoms with Crippen molar-refractivity contribution in [3.8, 4) is 11.5 Å². The number of ether oxygens (including phenoxy) is 2. The molecule has 0 saturated heterocycles. The summed E-state index contributed by atoms with van der Waals surface area (Å²) in [5.41, 5.74) is 1.22. The van der Waals surface area contributed by atoms with Gasteiger partial charge < -0.3 is 20.1 Å². The number of carbonyl (C=O) groups is 1. The predicted octanol–water partition coefficient (Wildman–Crippen LogP) is 3.58. The Morgan fingerprint density at radius 1 is 1.17 bits per heavy atom. The largest absolute Gasteiger partial charge is 0.486 e. The average molecular weight is 332 g/mol. The minimum atomic E-state index is -0.0312. The molecule has 1 aliphatic heterocycles. The Morgan fingerprint density at radius 2 is 1.92 bits per heavy atom. The molecule has 5 heteroatoms. The fourth-order valence-electron chi connectivity index (χ4n) is 3.42. The molecule has 132 valence electrons. The van der Waals surface area contributed by atoms with Gasteiger partial charge in [-0.05, 0) is 42.9 Å². The molecular weight excluding hydrogens is 304 g/mol. The third-order valence-electron chi connectivity index (χ3n) is 4.94. The Balaban J connectivity index is 1.42. The molecule has 2 amide bonds. The van der Waals surface area contributed by atoms with Crippen molar-refractivity contribution in [3.05, 3.63) is 23.8 Å². The van der Waals surface area contributed by atoms with Crippen molar-refractivity contribution in [2.24, 2.45) is 0 Å². The standard InChI is InChI=1S/C19H28N2O3/c1-14(15-7-8-17-18(13-15)24-12-11-23-17)9-10-20-19(22)21-16-5-3-2-4-6-16/h7-8,13-14,16H,2-6,9-12H2,1H3,(H2,20,21,22). The van der Waals surface area contributed by atoms with Crippen LogP contribution in [0.1, 0.15) is 56.9 Å². The van der Waals surface area contributed by atoms with Crippen LogP contribution in [0.2, 0.25) is 0 Å². The molecule has 1 aliphatic carbocycles. The number of nitrogens with one attached hydrogen (secondary N) is 2. The van der Waals surface area contributed by atoms with Crippen molar-refractivity contribution < 1.29 is 14.3 Å². The number of amides is 2. The highest BCUT2D eigenvalue weighted by atomic mass is 16.6. The second-order valence-corrected chi connectivity index (χ2v) is 6.83. The molecule has 1 aromatic carbocycles. The van der Waals surface area contributed by atoms with Crippen LogP contribution in [0.3, 0.4) is 0 Å². The summed E-state index contributed by atoms with van der Waals surface area (Å²) in [7, 11) is 0. The van der Waals surface area contributed by atoms with Crippen LogP contribution in [0.4, 0.5) is 4.79 Å². The molecule has 0 bridgehead atoms. The smallest absolute Gasteiger partial charge is 0.315 e. The number of hydrogen-bond acceptors (Lipinski definition) is 3. The van der Waals surface area contributed by atoms with Crippen molar-refractivity contribution in [1.29, 1.82) is 0 Å². The Bertz CT molecular complexity index is 556. The second-order valence-electron chi connectivity index (χ2n) is 6.83. The van der Waals surface area contributed by atoms with E-state index >= 15 is 0 Å². The van der Waals surface area contributed by atoms with Gasteiger partial charge in [0.15, 0.2) is 11.5 Å². The molecule has 24 heavy (non-hydrogen) atoms. The quantitative estimate of drug-likeness (QED) is 0.866. The van der Waals surface area contributed by atoms with Crippen LogP contribution in [0.25, 0.3) is 0 Å². The van der Waals surface area contributed by atoms with Gasteiger partial charge in [0.25, 0.3) is 0 Å². The lowest BCUT2D eigenvalue weighted by Gasteiger charge is -2.23. The van der Waals surface area contributed by atoms with E-state index in [0.29, 0.717) is 31.7 Å². The Hall–Kier alpha value is -1.91. The fraction of sp³-hybridized carbons (Fsp3) is 0.632. The number of fused-ring (bicyclic) bond motifs is 1. The summed E-state index contributed by atoms with van der Waals surface area (Å²) < 4.78 is 11.2. The summed E-state index contributed by atoms with van der Waals surface area (Å²) in [5.74, 6) is 2.01. The molecule has 1 unspecified atom stereocenters. The van der Waals surface area contributed by atoms with Crippen LogP contribution in [-0.4, -0.2) is 31.8 Å². The van der Waals surface area contributed by atoms with E-state index in [4.69, 9.17) is 9.47 Å². The highest BCUT2D eigenvalue weighted by Crippen LogP contribution is 2.33. The number of carbonyl (C=O) groups excluding carboxylic acids is 1. The Labute approximate surface area is 144 Å². The minimum absolute atomic E-state index is 0.0312. The fourth-order valence-corrected chi connectivity index (χ4v) is 3.42. The average Bonchev–Trinajstić information content (AvgIpc) is 2.62. The maximum atomic E-state index is 12.0. The number of hydrogen-bond donors (Lipinski definition) is 2. The van der Waals surface area contributed by atoms with E-state index in [1.54, 1.807) is 0 Å². The van der Waals surface area contributed by atoms with E-state index in [-0.39, 0.29) is 6.03 Å². The predicted molar refractivity (Wildman–Crippen MR) is 93.9 cm³/mol. The minimum Gasteiger partial charge on any atom is -0.486 e. The molecule has 1 fully saturated rings. The Morgan fingerprint density at radius 3 is 2.71 bits per heavy atom. The molecule has 5 nitrogen and oxygen atoms in total. The lowest BCUT2D eigenvalue weighted by Crippen LogP contribution is -2.43. The van der Waals surface area contributed by atoms with Crippen molar-refractivity contribution >= 4 is 6.03 Å². The highest BCUT2D eigenvalue weighted by molar-refractivity contribution is 5.74. The molecule has 2 N–H and O–H groups in total. The second kappa shape index (κ2) is 8.27.